The Labute approximate surface area is 181 Å². The summed E-state index contributed by atoms with van der Waals surface area (Å²) >= 11 is 0. The third kappa shape index (κ3) is 21.4. The van der Waals surface area contributed by atoms with E-state index in [9.17, 15) is 39.5 Å². The van der Waals surface area contributed by atoms with Crippen LogP contribution in [0.1, 0.15) is 0 Å². The molecule has 0 aliphatic heterocycles. The average molecular weight is 468 g/mol. The van der Waals surface area contributed by atoms with E-state index in [1.165, 1.54) is 0 Å². The minimum absolute atomic E-state index is 0. The maximum atomic E-state index is 10.7. The number of rotatable bonds is 0. The fourth-order valence-electron chi connectivity index (χ4n) is 0. The van der Waals surface area contributed by atoms with Crippen molar-refractivity contribution in [1.82, 2.24) is 0 Å². The van der Waals surface area contributed by atoms with Crippen LogP contribution in [0.2, 0.25) is 0 Å². The normalized spacial score (nSPS) is 12.4. The zero-order valence-corrected chi connectivity index (χ0v) is 15.3. The molecule has 150 valence electrons. The minimum atomic E-state index is -6.09. The molecule has 0 bridgehead atoms. The topological polar surface area (TPSA) is 172 Å². The van der Waals surface area contributed by atoms with Crippen LogP contribution in [0, 0.1) is 0 Å². The van der Waals surface area contributed by atoms with Crippen molar-refractivity contribution < 1.29 is 135 Å². The van der Waals surface area contributed by atoms with Crippen LogP contribution in [-0.4, -0.2) is 55.4 Å². The summed E-state index contributed by atoms with van der Waals surface area (Å²) in [6, 6.07) is 0. The molecule has 0 N–H and O–H groups in total. The van der Waals surface area contributed by atoms with Crippen LogP contribution in [0.25, 0.3) is 0 Å². The van der Waals surface area contributed by atoms with Crippen molar-refractivity contribution in [1.29, 1.82) is 0 Å². The molecule has 0 radical (unpaired) electrons. The Kier molecular flexibility index (Phi) is 20.6. The number of hydrogen-bond donors (Lipinski definition) is 0. The Hall–Kier alpha value is 0.892. The van der Waals surface area contributed by atoms with Crippen molar-refractivity contribution in [3.05, 3.63) is 0 Å². The predicted molar refractivity (Wildman–Crippen MR) is 47.3 cm³/mol. The Morgan fingerprint density at radius 3 is 0.444 bits per heavy atom. The van der Waals surface area contributed by atoms with Crippen LogP contribution in [0.15, 0.2) is 0 Å². The summed E-state index contributed by atoms with van der Waals surface area (Å²) < 4.78 is 177. The third-order valence-corrected chi connectivity index (χ3v) is 2.55. The zero-order chi connectivity index (χ0) is 21.0. The van der Waals surface area contributed by atoms with E-state index in [0.29, 0.717) is 0 Å². The SMILES string of the molecule is O=S(=O)([O-])C(F)(F)F.O=S(=O)([O-])C(F)(F)F.O=S(=O)([O-])C(F)(F)F.[Li+].[Li+].[Li+]. The van der Waals surface area contributed by atoms with Crippen molar-refractivity contribution in [2.75, 3.05) is 0 Å². The van der Waals surface area contributed by atoms with E-state index in [0.717, 1.165) is 0 Å². The molecular weight excluding hydrogens is 468 g/mol. The summed E-state index contributed by atoms with van der Waals surface area (Å²) in [7, 11) is -18.3. The first kappa shape index (κ1) is 42.1. The summed E-state index contributed by atoms with van der Waals surface area (Å²) in [5.74, 6) is 0. The summed E-state index contributed by atoms with van der Waals surface area (Å²) in [5, 5.41) is 0. The standard InChI is InChI=1S/3CHF3O3S.3Li/c3*2-1(3,4)8(5,6)7;;;/h3*(H,5,6,7);;;/q;;;3*+1/p-3. The average Bonchev–Trinajstić information content (AvgIpc) is 2.08. The van der Waals surface area contributed by atoms with Crippen molar-refractivity contribution in [2.24, 2.45) is 0 Å². The molecule has 0 heterocycles. The number of halogens is 9. The predicted octanol–water partition coefficient (Wildman–Crippen LogP) is -8.83. The first-order chi connectivity index (χ1) is 9.75. The van der Waals surface area contributed by atoms with Gasteiger partial charge in [0.1, 0.15) is 0 Å². The third-order valence-electron chi connectivity index (χ3n) is 0.850. The molecule has 0 rings (SSSR count). The van der Waals surface area contributed by atoms with Gasteiger partial charge >= 0.3 is 73.1 Å². The van der Waals surface area contributed by atoms with Gasteiger partial charge in [0.05, 0.1) is 0 Å². The van der Waals surface area contributed by atoms with Gasteiger partial charge in [0.2, 0.25) is 0 Å². The van der Waals surface area contributed by atoms with Crippen LogP contribution in [0.3, 0.4) is 0 Å². The summed E-state index contributed by atoms with van der Waals surface area (Å²) in [5.41, 5.74) is -16.9. The second kappa shape index (κ2) is 13.2. The molecule has 0 aromatic rings. The van der Waals surface area contributed by atoms with Crippen molar-refractivity contribution in [2.45, 2.75) is 16.5 Å². The maximum absolute atomic E-state index is 10.7. The molecule has 24 heteroatoms. The molecule has 0 spiro atoms. The fourth-order valence-corrected chi connectivity index (χ4v) is 0. The molecule has 9 nitrogen and oxygen atoms in total. The molecular formula is C3F9Li3O9S3. The second-order valence-electron chi connectivity index (χ2n) is 2.70. The maximum Gasteiger partial charge on any atom is 1.00 e. The van der Waals surface area contributed by atoms with Gasteiger partial charge in [-0.05, 0) is 0 Å². The van der Waals surface area contributed by atoms with Gasteiger partial charge in [-0.2, -0.15) is 39.5 Å². The first-order valence-corrected chi connectivity index (χ1v) is 8.04. The van der Waals surface area contributed by atoms with Crippen molar-refractivity contribution >= 4 is 30.4 Å². The molecule has 0 fully saturated rings. The molecule has 0 amide bonds. The fraction of sp³-hybridized carbons (Fsp3) is 1.00. The van der Waals surface area contributed by atoms with Gasteiger partial charge in [0.25, 0.3) is 0 Å². The molecule has 27 heavy (non-hydrogen) atoms. The molecule has 0 aliphatic carbocycles. The Morgan fingerprint density at radius 2 is 0.444 bits per heavy atom. The molecule has 0 aromatic carbocycles. The number of alkyl halides is 9. The molecule has 0 saturated heterocycles. The van der Waals surface area contributed by atoms with E-state index >= 15 is 0 Å². The summed E-state index contributed by atoms with van der Waals surface area (Å²) in [6.45, 7) is 0. The number of hydrogen-bond acceptors (Lipinski definition) is 9. The van der Waals surface area contributed by atoms with Crippen molar-refractivity contribution in [3.8, 4) is 0 Å². The van der Waals surface area contributed by atoms with E-state index in [1.54, 1.807) is 0 Å². The smallest absolute Gasteiger partial charge is 0.741 e. The van der Waals surface area contributed by atoms with Gasteiger partial charge in [0.15, 0.2) is 30.4 Å². The van der Waals surface area contributed by atoms with Gasteiger partial charge in [-0.15, -0.1) is 0 Å². The van der Waals surface area contributed by atoms with E-state index < -0.39 is 46.9 Å². The van der Waals surface area contributed by atoms with Gasteiger partial charge < -0.3 is 13.7 Å². The van der Waals surface area contributed by atoms with E-state index in [2.05, 4.69) is 0 Å². The molecule has 0 atom stereocenters. The minimum Gasteiger partial charge on any atom is -0.741 e. The van der Waals surface area contributed by atoms with Gasteiger partial charge in [0, 0.05) is 0 Å². The zero-order valence-electron chi connectivity index (χ0n) is 12.8. The van der Waals surface area contributed by atoms with E-state index in [-0.39, 0.29) is 56.6 Å². The van der Waals surface area contributed by atoms with Crippen LogP contribution in [0.4, 0.5) is 39.5 Å². The van der Waals surface area contributed by atoms with E-state index in [4.69, 9.17) is 38.9 Å². The van der Waals surface area contributed by atoms with E-state index in [1.807, 2.05) is 0 Å². The Morgan fingerprint density at radius 1 is 0.407 bits per heavy atom. The largest absolute Gasteiger partial charge is 1.00 e. The Bertz CT molecular complexity index is 604. The molecule has 0 aliphatic rings. The molecule has 0 saturated carbocycles. The summed E-state index contributed by atoms with van der Waals surface area (Å²) in [4.78, 5) is 0. The quantitative estimate of drug-likeness (QED) is 0.145. The van der Waals surface area contributed by atoms with Crippen LogP contribution >= 0.6 is 0 Å². The monoisotopic (exact) mass is 468 g/mol. The van der Waals surface area contributed by atoms with Crippen molar-refractivity contribution in [3.63, 3.8) is 0 Å². The van der Waals surface area contributed by atoms with Gasteiger partial charge in [-0.25, -0.2) is 25.3 Å². The molecule has 0 aromatic heterocycles. The van der Waals surface area contributed by atoms with Gasteiger partial charge in [-0.1, -0.05) is 0 Å². The first-order valence-electron chi connectivity index (χ1n) is 3.81. The van der Waals surface area contributed by atoms with Gasteiger partial charge in [-0.3, -0.25) is 0 Å². The summed E-state index contributed by atoms with van der Waals surface area (Å²) in [6.07, 6.45) is 0. The molecule has 0 unspecified atom stereocenters. The second-order valence-corrected chi connectivity index (χ2v) is 6.81. The van der Waals surface area contributed by atoms with Crippen LogP contribution in [0.5, 0.6) is 0 Å². The van der Waals surface area contributed by atoms with Crippen LogP contribution < -0.4 is 56.6 Å². The Balaban J connectivity index is -0.0000000580. The van der Waals surface area contributed by atoms with Crippen LogP contribution in [-0.2, 0) is 30.4 Å².